The van der Waals surface area contributed by atoms with Gasteiger partial charge in [0.1, 0.15) is 0 Å². The van der Waals surface area contributed by atoms with E-state index in [-0.39, 0.29) is 4.47 Å². The van der Waals surface area contributed by atoms with Crippen molar-refractivity contribution in [3.8, 4) is 0 Å². The quantitative estimate of drug-likeness (QED) is 0.568. The van der Waals surface area contributed by atoms with Crippen LogP contribution in [0.15, 0.2) is 21.6 Å². The standard InChI is InChI=1S/C5H2BrF2NO2S/c6-3-1-2-4(7)9-5(3)12(8,10)11/h1-2H. The predicted octanol–water partition coefficient (Wildman–Crippen LogP) is 1.64. The molecule has 12 heavy (non-hydrogen) atoms. The molecule has 1 heterocycles. The summed E-state index contributed by atoms with van der Waals surface area (Å²) in [5.74, 6) is -1.05. The van der Waals surface area contributed by atoms with E-state index in [2.05, 4.69) is 20.9 Å². The molecular formula is C5H2BrF2NO2S. The number of halogens is 3. The van der Waals surface area contributed by atoms with E-state index in [1.54, 1.807) is 0 Å². The predicted molar refractivity (Wildman–Crippen MR) is 40.2 cm³/mol. The highest BCUT2D eigenvalue weighted by molar-refractivity contribution is 9.10. The van der Waals surface area contributed by atoms with Gasteiger partial charge in [0.2, 0.25) is 11.0 Å². The molecule has 3 nitrogen and oxygen atoms in total. The van der Waals surface area contributed by atoms with E-state index in [1.807, 2.05) is 0 Å². The molecule has 66 valence electrons. The first-order chi connectivity index (χ1) is 5.41. The van der Waals surface area contributed by atoms with Crippen LogP contribution in [0.2, 0.25) is 0 Å². The van der Waals surface area contributed by atoms with E-state index in [1.165, 1.54) is 0 Å². The first-order valence-corrected chi connectivity index (χ1v) is 4.85. The fraction of sp³-hybridized carbons (Fsp3) is 0. The van der Waals surface area contributed by atoms with Gasteiger partial charge in [0.25, 0.3) is 0 Å². The second-order valence-corrected chi connectivity index (χ2v) is 3.98. The topological polar surface area (TPSA) is 47.0 Å². The number of hydrogen-bond donors (Lipinski definition) is 0. The second kappa shape index (κ2) is 3.06. The molecule has 0 saturated carbocycles. The van der Waals surface area contributed by atoms with Gasteiger partial charge in [-0.25, -0.2) is 4.98 Å². The number of aromatic nitrogens is 1. The fourth-order valence-electron chi connectivity index (χ4n) is 0.572. The van der Waals surface area contributed by atoms with Gasteiger partial charge in [0.15, 0.2) is 0 Å². The Hall–Kier alpha value is -0.560. The average molecular weight is 258 g/mol. The van der Waals surface area contributed by atoms with Gasteiger partial charge in [-0.3, -0.25) is 0 Å². The molecule has 0 atom stereocenters. The molecule has 1 rings (SSSR count). The van der Waals surface area contributed by atoms with Crippen molar-refractivity contribution in [1.82, 2.24) is 4.98 Å². The molecule has 0 saturated heterocycles. The minimum Gasteiger partial charge on any atom is -0.204 e. The lowest BCUT2D eigenvalue weighted by molar-refractivity contribution is 0.530. The lowest BCUT2D eigenvalue weighted by atomic mass is 10.5. The molecule has 0 bridgehead atoms. The molecule has 0 aliphatic heterocycles. The Labute approximate surface area is 75.8 Å². The number of nitrogens with zero attached hydrogens (tertiary/aromatic N) is 1. The molecule has 7 heteroatoms. The molecule has 0 amide bonds. The lowest BCUT2D eigenvalue weighted by Gasteiger charge is -1.96. The van der Waals surface area contributed by atoms with Crippen molar-refractivity contribution < 1.29 is 16.7 Å². The van der Waals surface area contributed by atoms with Gasteiger partial charge in [-0.15, -0.1) is 0 Å². The first kappa shape index (κ1) is 9.53. The second-order valence-electron chi connectivity index (χ2n) is 1.86. The molecular weight excluding hydrogens is 256 g/mol. The van der Waals surface area contributed by atoms with Crippen LogP contribution in [0.25, 0.3) is 0 Å². The normalized spacial score (nSPS) is 11.6. The smallest absolute Gasteiger partial charge is 0.204 e. The van der Waals surface area contributed by atoms with Gasteiger partial charge in [0, 0.05) is 0 Å². The summed E-state index contributed by atoms with van der Waals surface area (Å²) in [4.78, 5) is 2.87. The largest absolute Gasteiger partial charge is 0.351 e. The Bertz CT molecular complexity index is 406. The SMILES string of the molecule is O=S(=O)(F)c1nc(F)ccc1Br. The Morgan fingerprint density at radius 1 is 1.42 bits per heavy atom. The van der Waals surface area contributed by atoms with Gasteiger partial charge in [-0.05, 0) is 28.1 Å². The maximum absolute atomic E-state index is 12.3. The van der Waals surface area contributed by atoms with E-state index in [0.717, 1.165) is 12.1 Å². The first-order valence-electron chi connectivity index (χ1n) is 2.68. The average Bonchev–Trinajstić information content (AvgIpc) is 1.92. The monoisotopic (exact) mass is 257 g/mol. The van der Waals surface area contributed by atoms with Crippen molar-refractivity contribution in [1.29, 1.82) is 0 Å². The van der Waals surface area contributed by atoms with Crippen molar-refractivity contribution in [2.45, 2.75) is 5.03 Å². The van der Waals surface area contributed by atoms with Crippen molar-refractivity contribution in [3.63, 3.8) is 0 Å². The highest BCUT2D eigenvalue weighted by atomic mass is 79.9. The minimum atomic E-state index is -4.95. The highest BCUT2D eigenvalue weighted by Gasteiger charge is 2.18. The van der Waals surface area contributed by atoms with Gasteiger partial charge in [0.05, 0.1) is 4.47 Å². The zero-order valence-corrected chi connectivity index (χ0v) is 7.86. The van der Waals surface area contributed by atoms with Crippen LogP contribution in [0.3, 0.4) is 0 Å². The molecule has 1 aromatic rings. The highest BCUT2D eigenvalue weighted by Crippen LogP contribution is 2.20. The summed E-state index contributed by atoms with van der Waals surface area (Å²) in [7, 11) is -4.95. The summed E-state index contributed by atoms with van der Waals surface area (Å²) in [6.45, 7) is 0. The summed E-state index contributed by atoms with van der Waals surface area (Å²) < 4.78 is 45.0. The summed E-state index contributed by atoms with van der Waals surface area (Å²) in [6, 6.07) is 1.98. The molecule has 0 aliphatic rings. The number of pyridine rings is 1. The zero-order valence-electron chi connectivity index (χ0n) is 5.46. The molecule has 0 unspecified atom stereocenters. The molecule has 0 aromatic carbocycles. The van der Waals surface area contributed by atoms with Crippen molar-refractivity contribution in [3.05, 3.63) is 22.6 Å². The zero-order chi connectivity index (χ0) is 9.35. The number of rotatable bonds is 1. The summed E-state index contributed by atoms with van der Waals surface area (Å²) in [5.41, 5.74) is 0. The van der Waals surface area contributed by atoms with E-state index >= 15 is 0 Å². The summed E-state index contributed by atoms with van der Waals surface area (Å²) in [6.07, 6.45) is 0. The Kier molecular flexibility index (Phi) is 2.43. The van der Waals surface area contributed by atoms with Gasteiger partial charge >= 0.3 is 10.2 Å². The summed E-state index contributed by atoms with van der Waals surface area (Å²) >= 11 is 2.72. The maximum Gasteiger partial charge on any atom is 0.351 e. The van der Waals surface area contributed by atoms with Gasteiger partial charge in [-0.1, -0.05) is 3.89 Å². The van der Waals surface area contributed by atoms with E-state index in [0.29, 0.717) is 0 Å². The molecule has 1 aromatic heterocycles. The molecule has 0 radical (unpaired) electrons. The molecule has 0 N–H and O–H groups in total. The third-order valence-corrected chi connectivity index (χ3v) is 2.69. The number of hydrogen-bond acceptors (Lipinski definition) is 3. The fourth-order valence-corrected chi connectivity index (χ4v) is 1.87. The van der Waals surface area contributed by atoms with Crippen LogP contribution in [0.1, 0.15) is 0 Å². The third kappa shape index (κ3) is 1.98. The van der Waals surface area contributed by atoms with E-state index in [4.69, 9.17) is 0 Å². The third-order valence-electron chi connectivity index (χ3n) is 1.01. The Balaban J connectivity index is 3.43. The van der Waals surface area contributed by atoms with Crippen LogP contribution in [0.5, 0.6) is 0 Å². The van der Waals surface area contributed by atoms with Crippen LogP contribution in [-0.4, -0.2) is 13.4 Å². The lowest BCUT2D eigenvalue weighted by Crippen LogP contribution is -1.99. The summed E-state index contributed by atoms with van der Waals surface area (Å²) in [5, 5.41) is -0.942. The van der Waals surface area contributed by atoms with Gasteiger partial charge < -0.3 is 0 Å². The van der Waals surface area contributed by atoms with Crippen LogP contribution >= 0.6 is 15.9 Å². The maximum atomic E-state index is 12.3. The van der Waals surface area contributed by atoms with Gasteiger partial charge in [-0.2, -0.15) is 12.8 Å². The minimum absolute atomic E-state index is 0.105. The molecule has 0 aliphatic carbocycles. The van der Waals surface area contributed by atoms with Crippen LogP contribution < -0.4 is 0 Å². The van der Waals surface area contributed by atoms with Crippen molar-refractivity contribution in [2.24, 2.45) is 0 Å². The van der Waals surface area contributed by atoms with Crippen LogP contribution in [0.4, 0.5) is 8.28 Å². The molecule has 0 spiro atoms. The Morgan fingerprint density at radius 2 is 2.00 bits per heavy atom. The van der Waals surface area contributed by atoms with Crippen LogP contribution in [0, 0.1) is 5.95 Å². The van der Waals surface area contributed by atoms with E-state index in [9.17, 15) is 16.7 Å². The van der Waals surface area contributed by atoms with Crippen molar-refractivity contribution >= 4 is 26.2 Å². The van der Waals surface area contributed by atoms with Crippen LogP contribution in [-0.2, 0) is 10.2 Å². The Morgan fingerprint density at radius 3 is 2.42 bits per heavy atom. The van der Waals surface area contributed by atoms with Crippen molar-refractivity contribution in [2.75, 3.05) is 0 Å². The molecule has 0 fully saturated rings. The van der Waals surface area contributed by atoms with E-state index < -0.39 is 21.2 Å².